The van der Waals surface area contributed by atoms with Gasteiger partial charge < -0.3 is 5.32 Å². The fraction of sp³-hybridized carbons (Fsp3) is 0. The van der Waals surface area contributed by atoms with Gasteiger partial charge in [0.15, 0.2) is 0 Å². The van der Waals surface area contributed by atoms with Gasteiger partial charge in [-0.1, -0.05) is 23.2 Å². The number of hydrogen-bond acceptors (Lipinski definition) is 3. The van der Waals surface area contributed by atoms with Gasteiger partial charge in [-0.2, -0.15) is 4.37 Å². The van der Waals surface area contributed by atoms with E-state index in [1.165, 1.54) is 11.5 Å². The zero-order valence-electron chi connectivity index (χ0n) is 8.41. The summed E-state index contributed by atoms with van der Waals surface area (Å²) in [5.41, 5.74) is 0.498. The minimum Gasteiger partial charge on any atom is -0.306 e. The van der Waals surface area contributed by atoms with Gasteiger partial charge in [0.25, 0.3) is 0 Å². The maximum Gasteiger partial charge on any atom is 0.324 e. The van der Waals surface area contributed by atoms with Crippen molar-refractivity contribution in [1.29, 1.82) is 0 Å². The Morgan fingerprint density at radius 2 is 2.06 bits per heavy atom. The van der Waals surface area contributed by atoms with Crippen molar-refractivity contribution in [2.75, 3.05) is 10.6 Å². The van der Waals surface area contributed by atoms with E-state index in [-0.39, 0.29) is 6.03 Å². The van der Waals surface area contributed by atoms with Crippen molar-refractivity contribution >= 4 is 51.5 Å². The Morgan fingerprint density at radius 1 is 1.24 bits per heavy atom. The van der Waals surface area contributed by atoms with Gasteiger partial charge in [0, 0.05) is 11.2 Å². The number of nitrogens with one attached hydrogen (secondary N) is 2. The van der Waals surface area contributed by atoms with Crippen LogP contribution in [0.15, 0.2) is 30.5 Å². The lowest BCUT2D eigenvalue weighted by molar-refractivity contribution is 0.262. The van der Waals surface area contributed by atoms with Crippen LogP contribution in [0.2, 0.25) is 10.0 Å². The number of rotatable bonds is 2. The Morgan fingerprint density at radius 3 is 2.71 bits per heavy atom. The molecular formula is C10H7Cl2N3OS. The minimum atomic E-state index is -0.376. The first-order valence-electron chi connectivity index (χ1n) is 4.59. The Balaban J connectivity index is 2.03. The number of benzene rings is 1. The molecule has 0 radical (unpaired) electrons. The average molecular weight is 288 g/mol. The summed E-state index contributed by atoms with van der Waals surface area (Å²) >= 11 is 12.9. The van der Waals surface area contributed by atoms with Crippen LogP contribution < -0.4 is 10.6 Å². The number of amides is 2. The van der Waals surface area contributed by atoms with E-state index >= 15 is 0 Å². The Hall–Kier alpha value is -1.30. The third-order valence-corrected chi connectivity index (χ3v) is 3.06. The number of nitrogens with zero attached hydrogens (tertiary/aromatic N) is 1. The molecule has 2 amide bonds. The molecule has 1 aromatic carbocycles. The van der Waals surface area contributed by atoms with Gasteiger partial charge in [0.2, 0.25) is 0 Å². The molecular weight excluding hydrogens is 281 g/mol. The van der Waals surface area contributed by atoms with Crippen LogP contribution in [0.3, 0.4) is 0 Å². The monoisotopic (exact) mass is 287 g/mol. The van der Waals surface area contributed by atoms with Gasteiger partial charge in [-0.15, -0.1) is 0 Å². The van der Waals surface area contributed by atoms with E-state index in [9.17, 15) is 4.79 Å². The van der Waals surface area contributed by atoms with Crippen LogP contribution in [0.5, 0.6) is 0 Å². The maximum atomic E-state index is 11.6. The Bertz CT molecular complexity index is 530. The number of carbonyl (C=O) groups is 1. The number of hydrogen-bond donors (Lipinski definition) is 2. The van der Waals surface area contributed by atoms with Crippen LogP contribution in [0.25, 0.3) is 0 Å². The molecule has 0 atom stereocenters. The lowest BCUT2D eigenvalue weighted by Crippen LogP contribution is -2.18. The van der Waals surface area contributed by atoms with Gasteiger partial charge in [-0.05, 0) is 35.8 Å². The zero-order valence-corrected chi connectivity index (χ0v) is 10.7. The van der Waals surface area contributed by atoms with E-state index in [0.29, 0.717) is 20.7 Å². The minimum absolute atomic E-state index is 0.376. The molecule has 2 rings (SSSR count). The summed E-state index contributed by atoms with van der Waals surface area (Å²) < 4.78 is 3.87. The van der Waals surface area contributed by atoms with E-state index in [1.807, 2.05) is 0 Å². The second-order valence-electron chi connectivity index (χ2n) is 3.08. The molecule has 88 valence electrons. The van der Waals surface area contributed by atoms with Crippen molar-refractivity contribution in [3.8, 4) is 0 Å². The topological polar surface area (TPSA) is 54.0 Å². The largest absolute Gasteiger partial charge is 0.324 e. The molecule has 0 bridgehead atoms. The number of anilines is 2. The first-order valence-corrected chi connectivity index (χ1v) is 6.12. The molecule has 0 aliphatic carbocycles. The van der Waals surface area contributed by atoms with Crippen molar-refractivity contribution in [2.45, 2.75) is 0 Å². The number of carbonyl (C=O) groups excluding carboxylic acids is 1. The van der Waals surface area contributed by atoms with Crippen LogP contribution in [-0.2, 0) is 0 Å². The predicted octanol–water partition coefficient (Wildman–Crippen LogP) is 4.09. The van der Waals surface area contributed by atoms with Crippen LogP contribution in [0.4, 0.5) is 15.5 Å². The highest BCUT2D eigenvalue weighted by molar-refractivity contribution is 7.10. The van der Waals surface area contributed by atoms with Crippen molar-refractivity contribution in [3.05, 3.63) is 40.5 Å². The van der Waals surface area contributed by atoms with Crippen molar-refractivity contribution in [3.63, 3.8) is 0 Å². The van der Waals surface area contributed by atoms with Crippen molar-refractivity contribution < 1.29 is 4.79 Å². The van der Waals surface area contributed by atoms with Crippen molar-refractivity contribution in [2.24, 2.45) is 0 Å². The quantitative estimate of drug-likeness (QED) is 0.874. The summed E-state index contributed by atoms with van der Waals surface area (Å²) in [6, 6.07) is 6.17. The second-order valence-corrected chi connectivity index (χ2v) is 4.76. The van der Waals surface area contributed by atoms with Crippen LogP contribution >= 0.6 is 34.7 Å². The highest BCUT2D eigenvalue weighted by Gasteiger charge is 2.06. The van der Waals surface area contributed by atoms with E-state index in [2.05, 4.69) is 15.0 Å². The summed E-state index contributed by atoms with van der Waals surface area (Å²) in [4.78, 5) is 11.6. The predicted molar refractivity (Wildman–Crippen MR) is 71.2 cm³/mol. The first kappa shape index (κ1) is 12.2. The lowest BCUT2D eigenvalue weighted by atomic mass is 10.3. The lowest BCUT2D eigenvalue weighted by Gasteiger charge is -2.07. The van der Waals surface area contributed by atoms with Crippen LogP contribution in [-0.4, -0.2) is 10.4 Å². The summed E-state index contributed by atoms with van der Waals surface area (Å²) in [6.07, 6.45) is 1.61. The van der Waals surface area contributed by atoms with E-state index in [1.54, 1.807) is 30.5 Å². The Labute approximate surface area is 112 Å². The molecule has 2 aromatic rings. The summed E-state index contributed by atoms with van der Waals surface area (Å²) in [7, 11) is 0. The highest BCUT2D eigenvalue weighted by atomic mass is 35.5. The third-order valence-electron chi connectivity index (χ3n) is 1.85. The average Bonchev–Trinajstić information content (AvgIpc) is 2.75. The van der Waals surface area contributed by atoms with Gasteiger partial charge >= 0.3 is 6.03 Å². The number of halogens is 2. The molecule has 0 aliphatic rings. The van der Waals surface area contributed by atoms with Gasteiger partial charge in [0.05, 0.1) is 10.7 Å². The first-order chi connectivity index (χ1) is 8.15. The molecule has 0 aliphatic heterocycles. The van der Waals surface area contributed by atoms with Crippen LogP contribution in [0, 0.1) is 0 Å². The highest BCUT2D eigenvalue weighted by Crippen LogP contribution is 2.25. The number of urea groups is 1. The van der Waals surface area contributed by atoms with Crippen molar-refractivity contribution in [1.82, 2.24) is 4.37 Å². The normalized spacial score (nSPS) is 10.0. The van der Waals surface area contributed by atoms with Crippen LogP contribution in [0.1, 0.15) is 0 Å². The molecule has 0 fully saturated rings. The van der Waals surface area contributed by atoms with Gasteiger partial charge in [-0.25, -0.2) is 4.79 Å². The van der Waals surface area contributed by atoms with Gasteiger partial charge in [-0.3, -0.25) is 5.32 Å². The zero-order chi connectivity index (χ0) is 12.3. The van der Waals surface area contributed by atoms with E-state index in [4.69, 9.17) is 23.2 Å². The second kappa shape index (κ2) is 5.35. The standard InChI is InChI=1S/C10H7Cl2N3OS/c11-6-1-2-8(7(12)5-6)14-10(16)15-9-3-4-13-17-9/h1-5H,(H2,14,15,16). The third kappa shape index (κ3) is 3.33. The summed E-state index contributed by atoms with van der Waals surface area (Å²) in [5, 5.41) is 6.80. The molecule has 0 unspecified atom stereocenters. The fourth-order valence-corrected chi connectivity index (χ4v) is 2.09. The number of aromatic nitrogens is 1. The molecule has 4 nitrogen and oxygen atoms in total. The smallest absolute Gasteiger partial charge is 0.306 e. The SMILES string of the molecule is O=C(Nc1ccns1)Nc1ccc(Cl)cc1Cl. The maximum absolute atomic E-state index is 11.6. The Kier molecular flexibility index (Phi) is 3.83. The molecule has 0 saturated heterocycles. The summed E-state index contributed by atoms with van der Waals surface area (Å²) in [6.45, 7) is 0. The molecule has 1 aromatic heterocycles. The fourth-order valence-electron chi connectivity index (χ4n) is 1.14. The van der Waals surface area contributed by atoms with E-state index in [0.717, 1.165) is 0 Å². The molecule has 7 heteroatoms. The summed E-state index contributed by atoms with van der Waals surface area (Å²) in [5.74, 6) is 0. The van der Waals surface area contributed by atoms with E-state index < -0.39 is 0 Å². The molecule has 1 heterocycles. The van der Waals surface area contributed by atoms with Gasteiger partial charge in [0.1, 0.15) is 5.00 Å². The molecule has 2 N–H and O–H groups in total. The molecule has 0 saturated carbocycles. The molecule has 0 spiro atoms. The molecule has 17 heavy (non-hydrogen) atoms.